The summed E-state index contributed by atoms with van der Waals surface area (Å²) in [6.45, 7) is 0.360. The molecule has 5 nitrogen and oxygen atoms in total. The minimum absolute atomic E-state index is 0.340. The van der Waals surface area contributed by atoms with E-state index < -0.39 is 17.4 Å². The van der Waals surface area contributed by atoms with E-state index in [4.69, 9.17) is 16.3 Å². The van der Waals surface area contributed by atoms with Crippen molar-refractivity contribution in [2.75, 3.05) is 6.61 Å². The zero-order valence-electron chi connectivity index (χ0n) is 16.4. The van der Waals surface area contributed by atoms with E-state index in [1.165, 1.54) is 0 Å². The van der Waals surface area contributed by atoms with Crippen LogP contribution in [0.5, 0.6) is 5.75 Å². The van der Waals surface area contributed by atoms with Crippen molar-refractivity contribution in [3.05, 3.63) is 76.8 Å². The number of carbonyl (C=O) groups is 2. The number of ether oxygens (including phenoxy) is 1. The molecule has 0 saturated heterocycles. The summed E-state index contributed by atoms with van der Waals surface area (Å²) in [5.74, 6) is -0.959. The fourth-order valence-corrected chi connectivity index (χ4v) is 3.96. The van der Waals surface area contributed by atoms with Gasteiger partial charge in [-0.3, -0.25) is 4.79 Å². The Morgan fingerprint density at radius 2 is 1.87 bits per heavy atom. The molecule has 4 rings (SSSR count). The largest absolute Gasteiger partial charge is 0.492 e. The molecule has 0 aromatic heterocycles. The molecule has 6 heteroatoms. The Bertz CT molecular complexity index is 1110. The monoisotopic (exact) mass is 423 g/mol. The molecule has 1 saturated carbocycles. The molecule has 0 aliphatic heterocycles. The molecule has 30 heavy (non-hydrogen) atoms. The third-order valence-corrected chi connectivity index (χ3v) is 5.85. The maximum Gasteiger partial charge on any atom is 0.329 e. The molecule has 3 aromatic carbocycles. The van der Waals surface area contributed by atoms with Crippen molar-refractivity contribution in [2.45, 2.75) is 31.2 Å². The molecule has 1 fully saturated rings. The highest BCUT2D eigenvalue weighted by Gasteiger charge is 2.46. The summed E-state index contributed by atoms with van der Waals surface area (Å²) in [6, 6.07) is 18.8. The third-order valence-electron chi connectivity index (χ3n) is 5.62. The summed E-state index contributed by atoms with van der Waals surface area (Å²) in [5, 5.41) is 14.7. The Morgan fingerprint density at radius 1 is 1.07 bits per heavy atom. The van der Waals surface area contributed by atoms with E-state index in [1.807, 2.05) is 54.6 Å². The lowest BCUT2D eigenvalue weighted by atomic mass is 9.76. The molecule has 0 spiro atoms. The van der Waals surface area contributed by atoms with Gasteiger partial charge in [-0.15, -0.1) is 0 Å². The van der Waals surface area contributed by atoms with Crippen LogP contribution < -0.4 is 10.1 Å². The van der Waals surface area contributed by atoms with E-state index in [0.717, 1.165) is 22.8 Å². The minimum atomic E-state index is -1.18. The van der Waals surface area contributed by atoms with Crippen LogP contribution >= 0.6 is 11.6 Å². The van der Waals surface area contributed by atoms with E-state index in [2.05, 4.69) is 5.32 Å². The topological polar surface area (TPSA) is 75.6 Å². The standard InChI is InChI=1S/C24H22ClNO4/c25-18-7-3-5-16(15-18)11-14-30-21-19-8-2-1-6-17(19)9-10-20(21)22(27)26-24(23(28)29)12-4-13-24/h1-3,5-10,15H,4,11-14H2,(H,26,27)(H,28,29). The van der Waals surface area contributed by atoms with Crippen LogP contribution in [0, 0.1) is 0 Å². The fraction of sp³-hybridized carbons (Fsp3) is 0.250. The van der Waals surface area contributed by atoms with Crippen LogP contribution in [0.15, 0.2) is 60.7 Å². The summed E-state index contributed by atoms with van der Waals surface area (Å²) in [6.07, 6.45) is 2.29. The van der Waals surface area contributed by atoms with Crippen LogP contribution in [0.25, 0.3) is 10.8 Å². The van der Waals surface area contributed by atoms with Gasteiger partial charge < -0.3 is 15.2 Å². The lowest BCUT2D eigenvalue weighted by Gasteiger charge is -2.38. The zero-order valence-corrected chi connectivity index (χ0v) is 17.1. The predicted molar refractivity (Wildman–Crippen MR) is 116 cm³/mol. The molecule has 1 aliphatic rings. The van der Waals surface area contributed by atoms with Gasteiger partial charge in [-0.05, 0) is 48.4 Å². The molecule has 2 N–H and O–H groups in total. The van der Waals surface area contributed by atoms with Gasteiger partial charge in [-0.1, -0.05) is 54.1 Å². The number of hydrogen-bond acceptors (Lipinski definition) is 3. The van der Waals surface area contributed by atoms with E-state index in [9.17, 15) is 14.7 Å². The Balaban J connectivity index is 1.61. The summed E-state index contributed by atoms with van der Waals surface area (Å²) < 4.78 is 6.09. The smallest absolute Gasteiger partial charge is 0.329 e. The van der Waals surface area contributed by atoms with Crippen molar-refractivity contribution >= 4 is 34.2 Å². The highest BCUT2D eigenvalue weighted by molar-refractivity contribution is 6.30. The molecule has 1 aliphatic carbocycles. The minimum Gasteiger partial charge on any atom is -0.492 e. The number of aliphatic carboxylic acids is 1. The lowest BCUT2D eigenvalue weighted by Crippen LogP contribution is -2.59. The normalized spacial score (nSPS) is 14.7. The van der Waals surface area contributed by atoms with Crippen LogP contribution in [0.4, 0.5) is 0 Å². The number of benzene rings is 3. The lowest BCUT2D eigenvalue weighted by molar-refractivity contribution is -0.148. The van der Waals surface area contributed by atoms with Crippen LogP contribution in [-0.2, 0) is 11.2 Å². The number of rotatable bonds is 7. The van der Waals surface area contributed by atoms with E-state index >= 15 is 0 Å². The van der Waals surface area contributed by atoms with Crippen molar-refractivity contribution in [3.63, 3.8) is 0 Å². The summed E-state index contributed by atoms with van der Waals surface area (Å²) >= 11 is 6.05. The highest BCUT2D eigenvalue weighted by Crippen LogP contribution is 2.35. The van der Waals surface area contributed by atoms with Gasteiger partial charge in [0.25, 0.3) is 5.91 Å². The summed E-state index contributed by atoms with van der Waals surface area (Å²) in [5.41, 5.74) is 0.196. The van der Waals surface area contributed by atoms with Gasteiger partial charge in [-0.2, -0.15) is 0 Å². The van der Waals surface area contributed by atoms with E-state index in [-0.39, 0.29) is 0 Å². The quantitative estimate of drug-likeness (QED) is 0.569. The van der Waals surface area contributed by atoms with Gasteiger partial charge >= 0.3 is 5.97 Å². The number of carboxylic acids is 1. The number of carboxylic acid groups (broad SMARTS) is 1. The Kier molecular flexibility index (Phi) is 5.64. The summed E-state index contributed by atoms with van der Waals surface area (Å²) in [7, 11) is 0. The van der Waals surface area contributed by atoms with Crippen molar-refractivity contribution < 1.29 is 19.4 Å². The van der Waals surface area contributed by atoms with Crippen LogP contribution in [0.3, 0.4) is 0 Å². The second-order valence-electron chi connectivity index (χ2n) is 7.59. The van der Waals surface area contributed by atoms with Gasteiger partial charge in [0.2, 0.25) is 0 Å². The SMILES string of the molecule is O=C(NC1(C(=O)O)CCC1)c1ccc2ccccc2c1OCCc1cccc(Cl)c1. The Morgan fingerprint density at radius 3 is 2.57 bits per heavy atom. The Labute approximate surface area is 179 Å². The van der Waals surface area contributed by atoms with E-state index in [0.29, 0.717) is 42.2 Å². The molecule has 0 atom stereocenters. The molecule has 0 unspecified atom stereocenters. The highest BCUT2D eigenvalue weighted by atomic mass is 35.5. The second kappa shape index (κ2) is 8.36. The number of hydrogen-bond donors (Lipinski definition) is 2. The number of amides is 1. The van der Waals surface area contributed by atoms with Gasteiger partial charge in [0, 0.05) is 16.8 Å². The average molecular weight is 424 g/mol. The zero-order chi connectivity index (χ0) is 21.1. The molecule has 0 heterocycles. The predicted octanol–water partition coefficient (Wildman–Crippen LogP) is 4.85. The maximum atomic E-state index is 13.0. The van der Waals surface area contributed by atoms with Crippen molar-refractivity contribution in [1.29, 1.82) is 0 Å². The van der Waals surface area contributed by atoms with Gasteiger partial charge in [0.15, 0.2) is 0 Å². The van der Waals surface area contributed by atoms with Crippen LogP contribution in [-0.4, -0.2) is 29.1 Å². The van der Waals surface area contributed by atoms with Gasteiger partial charge in [-0.25, -0.2) is 4.79 Å². The molecule has 0 bridgehead atoms. The van der Waals surface area contributed by atoms with Gasteiger partial charge in [0.05, 0.1) is 12.2 Å². The summed E-state index contributed by atoms with van der Waals surface area (Å²) in [4.78, 5) is 24.7. The number of halogens is 1. The van der Waals surface area contributed by atoms with Crippen molar-refractivity contribution in [1.82, 2.24) is 5.32 Å². The molecule has 3 aromatic rings. The van der Waals surface area contributed by atoms with Crippen molar-refractivity contribution in [2.24, 2.45) is 0 Å². The first-order valence-corrected chi connectivity index (χ1v) is 10.3. The first kappa shape index (κ1) is 20.2. The maximum absolute atomic E-state index is 13.0. The molecular weight excluding hydrogens is 402 g/mol. The number of fused-ring (bicyclic) bond motifs is 1. The number of nitrogens with one attached hydrogen (secondary N) is 1. The molecule has 0 radical (unpaired) electrons. The third kappa shape index (κ3) is 3.98. The average Bonchev–Trinajstić information content (AvgIpc) is 2.70. The Hall–Kier alpha value is -3.05. The molecule has 1 amide bonds. The van der Waals surface area contributed by atoms with E-state index in [1.54, 1.807) is 6.07 Å². The van der Waals surface area contributed by atoms with Crippen LogP contribution in [0.1, 0.15) is 35.2 Å². The van der Waals surface area contributed by atoms with Crippen molar-refractivity contribution in [3.8, 4) is 5.75 Å². The fourth-order valence-electron chi connectivity index (χ4n) is 3.75. The molecule has 154 valence electrons. The molecular formula is C24H22ClNO4. The van der Waals surface area contributed by atoms with Crippen LogP contribution in [0.2, 0.25) is 5.02 Å². The first-order chi connectivity index (χ1) is 14.5. The van der Waals surface area contributed by atoms with Gasteiger partial charge in [0.1, 0.15) is 11.3 Å². The number of carbonyl (C=O) groups excluding carboxylic acids is 1. The first-order valence-electron chi connectivity index (χ1n) is 9.93. The second-order valence-corrected chi connectivity index (χ2v) is 8.02.